The van der Waals surface area contributed by atoms with E-state index in [1.165, 1.54) is 5.56 Å². The van der Waals surface area contributed by atoms with Gasteiger partial charge >= 0.3 is 0 Å². The first-order chi connectivity index (χ1) is 8.09. The summed E-state index contributed by atoms with van der Waals surface area (Å²) in [6, 6.07) is 8.04. The topological polar surface area (TPSA) is 26.3 Å². The van der Waals surface area contributed by atoms with Gasteiger partial charge in [-0.25, -0.2) is 0 Å². The van der Waals surface area contributed by atoms with Crippen LogP contribution in [0.3, 0.4) is 0 Å². The zero-order valence-corrected chi connectivity index (χ0v) is 11.0. The largest absolute Gasteiger partial charge is 0.494 e. The van der Waals surface area contributed by atoms with Gasteiger partial charge < -0.3 is 4.74 Å². The highest BCUT2D eigenvalue weighted by atomic mass is 16.5. The van der Waals surface area contributed by atoms with E-state index < -0.39 is 0 Å². The van der Waals surface area contributed by atoms with Crippen molar-refractivity contribution in [3.8, 4) is 5.75 Å². The molecule has 17 heavy (non-hydrogen) atoms. The molecule has 2 nitrogen and oxygen atoms in total. The molecule has 0 aromatic heterocycles. The predicted molar refractivity (Wildman–Crippen MR) is 70.4 cm³/mol. The third kappa shape index (κ3) is 5.53. The molecule has 2 heteroatoms. The monoisotopic (exact) mass is 234 g/mol. The minimum absolute atomic E-state index is 0.160. The first-order valence-electron chi connectivity index (χ1n) is 6.32. The Morgan fingerprint density at radius 1 is 1.18 bits per heavy atom. The molecule has 0 atom stereocenters. The first-order valence-corrected chi connectivity index (χ1v) is 6.32. The van der Waals surface area contributed by atoms with Crippen LogP contribution in [0.4, 0.5) is 0 Å². The number of Topliss-reactive ketones (excluding diaryl/α,β-unsaturated/α-hetero) is 1. The summed E-state index contributed by atoms with van der Waals surface area (Å²) in [6.45, 7) is 6.64. The highest BCUT2D eigenvalue weighted by molar-refractivity contribution is 5.80. The maximum absolute atomic E-state index is 11.4. The highest BCUT2D eigenvalue weighted by Gasteiger charge is 2.05. The Balaban J connectivity index is 2.12. The summed E-state index contributed by atoms with van der Waals surface area (Å²) >= 11 is 0. The lowest BCUT2D eigenvalue weighted by atomic mass is 10.0. The van der Waals surface area contributed by atoms with Crippen LogP contribution in [0.15, 0.2) is 24.3 Å². The van der Waals surface area contributed by atoms with Gasteiger partial charge in [-0.1, -0.05) is 31.5 Å². The van der Waals surface area contributed by atoms with Crippen LogP contribution in [-0.4, -0.2) is 12.4 Å². The van der Waals surface area contributed by atoms with Gasteiger partial charge in [-0.05, 0) is 31.9 Å². The van der Waals surface area contributed by atoms with Crippen molar-refractivity contribution in [2.45, 2.75) is 40.0 Å². The second-order valence-corrected chi connectivity index (χ2v) is 4.74. The number of hydrogen-bond donors (Lipinski definition) is 0. The van der Waals surface area contributed by atoms with Crippen molar-refractivity contribution in [3.63, 3.8) is 0 Å². The van der Waals surface area contributed by atoms with E-state index in [1.807, 2.05) is 38.1 Å². The molecular formula is C15H22O2. The van der Waals surface area contributed by atoms with E-state index in [0.29, 0.717) is 18.8 Å². The molecule has 0 heterocycles. The molecule has 0 aliphatic heterocycles. The standard InChI is InChI=1S/C15H22O2/c1-12(2)15(16)6-4-5-11-17-14-9-7-13(3)8-10-14/h7-10,12H,4-6,11H2,1-3H3. The third-order valence-electron chi connectivity index (χ3n) is 2.75. The van der Waals surface area contributed by atoms with Crippen LogP contribution in [0.2, 0.25) is 0 Å². The Bertz CT molecular complexity index is 338. The molecule has 0 N–H and O–H groups in total. The Morgan fingerprint density at radius 3 is 2.41 bits per heavy atom. The molecule has 94 valence electrons. The van der Waals surface area contributed by atoms with Crippen LogP contribution in [0, 0.1) is 12.8 Å². The number of ketones is 1. The molecule has 0 saturated heterocycles. The van der Waals surface area contributed by atoms with Crippen LogP contribution in [-0.2, 0) is 4.79 Å². The number of benzene rings is 1. The molecule has 1 rings (SSSR count). The second-order valence-electron chi connectivity index (χ2n) is 4.74. The van der Waals surface area contributed by atoms with E-state index in [-0.39, 0.29) is 5.92 Å². The summed E-state index contributed by atoms with van der Waals surface area (Å²) < 4.78 is 5.59. The van der Waals surface area contributed by atoms with Gasteiger partial charge in [0.1, 0.15) is 11.5 Å². The number of hydrogen-bond acceptors (Lipinski definition) is 2. The van der Waals surface area contributed by atoms with E-state index in [4.69, 9.17) is 4.74 Å². The summed E-state index contributed by atoms with van der Waals surface area (Å²) in [6.07, 6.45) is 2.53. The van der Waals surface area contributed by atoms with Crippen LogP contribution in [0.1, 0.15) is 38.7 Å². The number of ether oxygens (including phenoxy) is 1. The maximum atomic E-state index is 11.4. The van der Waals surface area contributed by atoms with Crippen LogP contribution < -0.4 is 4.74 Å². The van der Waals surface area contributed by atoms with Gasteiger partial charge in [0.2, 0.25) is 0 Å². The number of rotatable bonds is 7. The summed E-state index contributed by atoms with van der Waals surface area (Å²) in [5, 5.41) is 0. The quantitative estimate of drug-likeness (QED) is 0.671. The van der Waals surface area contributed by atoms with Gasteiger partial charge in [0.25, 0.3) is 0 Å². The lowest BCUT2D eigenvalue weighted by Crippen LogP contribution is -2.07. The Morgan fingerprint density at radius 2 is 1.82 bits per heavy atom. The van der Waals surface area contributed by atoms with Crippen molar-refractivity contribution in [2.24, 2.45) is 5.92 Å². The minimum Gasteiger partial charge on any atom is -0.494 e. The molecule has 0 saturated carbocycles. The van der Waals surface area contributed by atoms with E-state index in [2.05, 4.69) is 6.92 Å². The van der Waals surface area contributed by atoms with Gasteiger partial charge in [0.05, 0.1) is 6.61 Å². The van der Waals surface area contributed by atoms with Crippen LogP contribution >= 0.6 is 0 Å². The van der Waals surface area contributed by atoms with E-state index in [0.717, 1.165) is 18.6 Å². The smallest absolute Gasteiger partial charge is 0.135 e. The molecule has 0 aliphatic rings. The molecule has 0 radical (unpaired) electrons. The van der Waals surface area contributed by atoms with Crippen molar-refractivity contribution in [1.29, 1.82) is 0 Å². The molecule has 0 amide bonds. The first kappa shape index (κ1) is 13.8. The Labute approximate surface area is 104 Å². The van der Waals surface area contributed by atoms with E-state index in [1.54, 1.807) is 0 Å². The molecule has 0 aliphatic carbocycles. The lowest BCUT2D eigenvalue weighted by Gasteiger charge is -2.07. The third-order valence-corrected chi connectivity index (χ3v) is 2.75. The number of aryl methyl sites for hydroxylation is 1. The van der Waals surface area contributed by atoms with Gasteiger partial charge in [-0.2, -0.15) is 0 Å². The number of unbranched alkanes of at least 4 members (excludes halogenated alkanes) is 1. The molecule has 1 aromatic carbocycles. The Hall–Kier alpha value is -1.31. The van der Waals surface area contributed by atoms with Gasteiger partial charge in [-0.3, -0.25) is 4.79 Å². The molecule has 0 bridgehead atoms. The summed E-state index contributed by atoms with van der Waals surface area (Å²) in [7, 11) is 0. The maximum Gasteiger partial charge on any atom is 0.135 e. The van der Waals surface area contributed by atoms with E-state index >= 15 is 0 Å². The molecule has 0 unspecified atom stereocenters. The fourth-order valence-electron chi connectivity index (χ4n) is 1.51. The van der Waals surface area contributed by atoms with Crippen molar-refractivity contribution in [3.05, 3.63) is 29.8 Å². The van der Waals surface area contributed by atoms with Gasteiger partial charge in [0, 0.05) is 12.3 Å². The lowest BCUT2D eigenvalue weighted by molar-refractivity contribution is -0.122. The average molecular weight is 234 g/mol. The second kappa shape index (κ2) is 7.10. The predicted octanol–water partition coefficient (Wildman–Crippen LogP) is 3.77. The zero-order chi connectivity index (χ0) is 12.7. The SMILES string of the molecule is Cc1ccc(OCCCCC(=O)C(C)C)cc1. The number of carbonyl (C=O) groups is 1. The van der Waals surface area contributed by atoms with Gasteiger partial charge in [0.15, 0.2) is 0 Å². The van der Waals surface area contributed by atoms with Crippen molar-refractivity contribution in [2.75, 3.05) is 6.61 Å². The van der Waals surface area contributed by atoms with Crippen molar-refractivity contribution in [1.82, 2.24) is 0 Å². The average Bonchev–Trinajstić information content (AvgIpc) is 2.30. The number of carbonyl (C=O) groups excluding carboxylic acids is 1. The zero-order valence-electron chi connectivity index (χ0n) is 11.0. The fraction of sp³-hybridized carbons (Fsp3) is 0.533. The summed E-state index contributed by atoms with van der Waals surface area (Å²) in [4.78, 5) is 11.4. The molecule has 0 spiro atoms. The Kier molecular flexibility index (Phi) is 5.75. The normalized spacial score (nSPS) is 10.6. The van der Waals surface area contributed by atoms with Crippen molar-refractivity contribution < 1.29 is 9.53 Å². The molecule has 1 aromatic rings. The molecule has 0 fully saturated rings. The summed E-state index contributed by atoms with van der Waals surface area (Å²) in [5.74, 6) is 1.42. The van der Waals surface area contributed by atoms with Crippen LogP contribution in [0.25, 0.3) is 0 Å². The van der Waals surface area contributed by atoms with Gasteiger partial charge in [-0.15, -0.1) is 0 Å². The van der Waals surface area contributed by atoms with Crippen molar-refractivity contribution >= 4 is 5.78 Å². The van der Waals surface area contributed by atoms with E-state index in [9.17, 15) is 4.79 Å². The summed E-state index contributed by atoms with van der Waals surface area (Å²) in [5.41, 5.74) is 1.24. The highest BCUT2D eigenvalue weighted by Crippen LogP contribution is 2.12. The fourth-order valence-corrected chi connectivity index (χ4v) is 1.51. The van der Waals surface area contributed by atoms with Crippen LogP contribution in [0.5, 0.6) is 5.75 Å². The minimum atomic E-state index is 0.160. The molecular weight excluding hydrogens is 212 g/mol.